The smallest absolute Gasteiger partial charge is 0.335 e. The molecule has 0 aliphatic heterocycles. The number of rotatable bonds is 12. The number of benzene rings is 3. The third-order valence-corrected chi connectivity index (χ3v) is 6.88. The summed E-state index contributed by atoms with van der Waals surface area (Å²) >= 11 is 18.5. The normalized spacial score (nSPS) is 11.3. The molecule has 3 aromatic carbocycles. The monoisotopic (exact) mass is 688 g/mol. The van der Waals surface area contributed by atoms with E-state index in [4.69, 9.17) is 34.8 Å². The maximum Gasteiger partial charge on any atom is 0.335 e. The second-order valence-electron chi connectivity index (χ2n) is 9.31. The third-order valence-electron chi connectivity index (χ3n) is 5.91. The fraction of sp³-hybridized carbons (Fsp3) is 0.103. The number of anilines is 4. The first-order valence-electron chi connectivity index (χ1n) is 12.8. The van der Waals surface area contributed by atoms with E-state index in [-0.39, 0.29) is 48.9 Å². The minimum absolute atomic E-state index is 0.0302. The number of ketones is 2. The number of carbonyl (C=O) groups excluding carboxylic acids is 4. The molecule has 0 heterocycles. The van der Waals surface area contributed by atoms with E-state index in [0.717, 1.165) is 13.8 Å². The van der Waals surface area contributed by atoms with Crippen LogP contribution in [0.3, 0.4) is 0 Å². The molecule has 0 bridgehead atoms. The van der Waals surface area contributed by atoms with E-state index < -0.39 is 46.7 Å². The van der Waals surface area contributed by atoms with Crippen LogP contribution in [0.4, 0.5) is 22.7 Å². The lowest BCUT2D eigenvalue weighted by molar-refractivity contribution is -0.116. The lowest BCUT2D eigenvalue weighted by Crippen LogP contribution is -2.30. The molecule has 0 atom stereocenters. The number of carboxylic acids is 2. The lowest BCUT2D eigenvalue weighted by Gasteiger charge is -2.14. The summed E-state index contributed by atoms with van der Waals surface area (Å²) in [6, 6.07) is 10.1. The molecule has 3 aromatic rings. The highest BCUT2D eigenvalue weighted by Crippen LogP contribution is 2.30. The Morgan fingerprint density at radius 1 is 0.587 bits per heavy atom. The number of carboxylic acid groups (broad SMARTS) is 2. The zero-order valence-corrected chi connectivity index (χ0v) is 26.3. The number of nitrogens with one attached hydrogen (secondary N) is 4. The number of Topliss-reactive ketones (excluding diaryl/α,β-unsaturated/α-hetero) is 2. The molecular weight excluding hydrogens is 667 g/mol. The van der Waals surface area contributed by atoms with Crippen LogP contribution >= 0.6 is 34.8 Å². The van der Waals surface area contributed by atoms with E-state index in [1.165, 1.54) is 48.5 Å². The fourth-order valence-electron chi connectivity index (χ4n) is 3.57. The molecule has 3 rings (SSSR count). The number of hydrazone groups is 2. The lowest BCUT2D eigenvalue weighted by atomic mass is 10.1. The number of halogens is 3. The van der Waals surface area contributed by atoms with E-state index in [0.29, 0.717) is 5.56 Å². The Kier molecular flexibility index (Phi) is 11.6. The van der Waals surface area contributed by atoms with Crippen LogP contribution in [-0.4, -0.2) is 57.0 Å². The summed E-state index contributed by atoms with van der Waals surface area (Å²) in [4.78, 5) is 72.8. The summed E-state index contributed by atoms with van der Waals surface area (Å²) in [5, 5.41) is 31.0. The van der Waals surface area contributed by atoms with Crippen LogP contribution in [0.2, 0.25) is 15.1 Å². The van der Waals surface area contributed by atoms with Gasteiger partial charge in [-0.3, -0.25) is 30.0 Å². The van der Waals surface area contributed by atoms with Crippen molar-refractivity contribution in [3.63, 3.8) is 0 Å². The van der Waals surface area contributed by atoms with Crippen molar-refractivity contribution in [2.24, 2.45) is 10.2 Å². The van der Waals surface area contributed by atoms with Gasteiger partial charge in [0.1, 0.15) is 0 Å². The van der Waals surface area contributed by atoms with Gasteiger partial charge in [-0.25, -0.2) is 9.59 Å². The zero-order chi connectivity index (χ0) is 34.3. The molecule has 238 valence electrons. The van der Waals surface area contributed by atoms with Crippen molar-refractivity contribution >= 4 is 104 Å². The number of amides is 2. The van der Waals surface area contributed by atoms with Crippen molar-refractivity contribution in [2.75, 3.05) is 21.5 Å². The fourth-order valence-corrected chi connectivity index (χ4v) is 4.10. The van der Waals surface area contributed by atoms with Crippen LogP contribution in [0.1, 0.15) is 40.1 Å². The maximum atomic E-state index is 13.0. The number of nitrogens with zero attached hydrogens (tertiary/aromatic N) is 2. The van der Waals surface area contributed by atoms with E-state index in [2.05, 4.69) is 31.7 Å². The van der Waals surface area contributed by atoms with Gasteiger partial charge in [0, 0.05) is 19.5 Å². The highest BCUT2D eigenvalue weighted by atomic mass is 35.5. The van der Waals surface area contributed by atoms with Gasteiger partial charge in [0.2, 0.25) is 0 Å². The number of aromatic carboxylic acids is 2. The van der Waals surface area contributed by atoms with Gasteiger partial charge in [-0.2, -0.15) is 10.2 Å². The summed E-state index contributed by atoms with van der Waals surface area (Å²) in [5.74, 6) is -5.84. The Labute approximate surface area is 275 Å². The van der Waals surface area contributed by atoms with Crippen LogP contribution in [0.25, 0.3) is 0 Å². The van der Waals surface area contributed by atoms with Gasteiger partial charge in [0.05, 0.1) is 43.3 Å². The van der Waals surface area contributed by atoms with Crippen molar-refractivity contribution in [1.82, 2.24) is 0 Å². The highest BCUT2D eigenvalue weighted by molar-refractivity contribution is 6.68. The van der Waals surface area contributed by atoms with Crippen molar-refractivity contribution in [2.45, 2.75) is 20.8 Å². The quantitative estimate of drug-likeness (QED) is 0.0815. The molecule has 0 aliphatic carbocycles. The summed E-state index contributed by atoms with van der Waals surface area (Å²) in [6.07, 6.45) is 0. The molecule has 0 aromatic heterocycles. The molecular formula is C29H23Cl3N6O8. The van der Waals surface area contributed by atoms with E-state index in [1.54, 1.807) is 6.92 Å². The molecule has 6 N–H and O–H groups in total. The van der Waals surface area contributed by atoms with Gasteiger partial charge in [0.15, 0.2) is 23.0 Å². The minimum atomic E-state index is -1.23. The Balaban J connectivity index is 1.80. The van der Waals surface area contributed by atoms with Gasteiger partial charge in [-0.05, 0) is 61.0 Å². The van der Waals surface area contributed by atoms with Gasteiger partial charge in [-0.15, -0.1) is 0 Å². The van der Waals surface area contributed by atoms with Crippen molar-refractivity contribution in [1.29, 1.82) is 0 Å². The van der Waals surface area contributed by atoms with Crippen LogP contribution in [-0.2, 0) is 19.2 Å². The molecule has 0 spiro atoms. The molecule has 0 unspecified atom stereocenters. The Hall–Kier alpha value is -5.31. The molecule has 0 saturated heterocycles. The molecule has 0 fully saturated rings. The van der Waals surface area contributed by atoms with Gasteiger partial charge in [-0.1, -0.05) is 34.8 Å². The SMILES string of the molecule is CC(=O)C(=NNc1cc(C(=O)O)ccc1Cl)C(=O)Nc1cc(Cl)c(NC(=O)C(=NNc2cc(C(=O)O)ccc2Cl)C(C)=O)cc1C. The van der Waals surface area contributed by atoms with Gasteiger partial charge >= 0.3 is 11.9 Å². The average molecular weight is 690 g/mol. The zero-order valence-electron chi connectivity index (χ0n) is 24.0. The molecule has 0 radical (unpaired) electrons. The Morgan fingerprint density at radius 3 is 1.39 bits per heavy atom. The number of hydrogen-bond acceptors (Lipinski definition) is 10. The maximum absolute atomic E-state index is 13.0. The Morgan fingerprint density at radius 2 is 1.00 bits per heavy atom. The molecule has 0 saturated carbocycles. The van der Waals surface area contributed by atoms with Crippen molar-refractivity contribution in [3.8, 4) is 0 Å². The molecule has 14 nitrogen and oxygen atoms in total. The molecule has 17 heteroatoms. The van der Waals surface area contributed by atoms with E-state index >= 15 is 0 Å². The van der Waals surface area contributed by atoms with Gasteiger partial charge < -0.3 is 20.8 Å². The van der Waals surface area contributed by atoms with Gasteiger partial charge in [0.25, 0.3) is 11.8 Å². The second-order valence-corrected chi connectivity index (χ2v) is 10.5. The molecule has 46 heavy (non-hydrogen) atoms. The van der Waals surface area contributed by atoms with Crippen LogP contribution in [0, 0.1) is 6.92 Å². The Bertz CT molecular complexity index is 1730. The first kappa shape index (κ1) is 35.2. The van der Waals surface area contributed by atoms with Crippen LogP contribution in [0.15, 0.2) is 58.7 Å². The van der Waals surface area contributed by atoms with Crippen molar-refractivity contribution in [3.05, 3.63) is 80.3 Å². The first-order valence-corrected chi connectivity index (χ1v) is 13.9. The topological polar surface area (TPSA) is 216 Å². The van der Waals surface area contributed by atoms with Crippen LogP contribution < -0.4 is 21.5 Å². The largest absolute Gasteiger partial charge is 0.478 e. The standard InChI is InChI=1S/C29H23Cl3N6O8/c1-12-8-21(34-27(42)25(14(3)40)38-36-23-10-16(29(45)46)5-7-18(23)31)19(32)11-20(12)33-26(41)24(13(2)39)37-35-22-9-15(28(43)44)4-6-17(22)30/h4-11,35-36H,1-3H3,(H,33,41)(H,34,42)(H,43,44)(H,45,46). The van der Waals surface area contributed by atoms with E-state index in [9.17, 15) is 39.0 Å². The second kappa shape index (κ2) is 15.1. The van der Waals surface area contributed by atoms with E-state index in [1.807, 2.05) is 0 Å². The first-order chi connectivity index (χ1) is 21.6. The predicted molar refractivity (Wildman–Crippen MR) is 174 cm³/mol. The minimum Gasteiger partial charge on any atom is -0.478 e. The highest BCUT2D eigenvalue weighted by Gasteiger charge is 2.22. The average Bonchev–Trinajstić information content (AvgIpc) is 2.97. The van der Waals surface area contributed by atoms with Crippen LogP contribution in [0.5, 0.6) is 0 Å². The molecule has 0 aliphatic rings. The van der Waals surface area contributed by atoms with Crippen molar-refractivity contribution < 1.29 is 39.0 Å². The number of carbonyl (C=O) groups is 6. The number of aryl methyl sites for hydroxylation is 1. The predicted octanol–water partition coefficient (Wildman–Crippen LogP) is 5.34. The number of hydrogen-bond donors (Lipinski definition) is 6. The molecule has 2 amide bonds. The summed E-state index contributed by atoms with van der Waals surface area (Å²) in [7, 11) is 0. The summed E-state index contributed by atoms with van der Waals surface area (Å²) < 4.78 is 0. The third kappa shape index (κ3) is 8.88. The summed E-state index contributed by atoms with van der Waals surface area (Å²) in [6.45, 7) is 3.73. The summed E-state index contributed by atoms with van der Waals surface area (Å²) in [5.41, 5.74) is 4.07.